The number of fused-ring (bicyclic) bond motifs is 1. The Kier molecular flexibility index (Phi) is 5.08. The average molecular weight is 310 g/mol. The van der Waals surface area contributed by atoms with Crippen LogP contribution >= 0.6 is 0 Å². The lowest BCUT2D eigenvalue weighted by atomic mass is 10.2. The molecule has 0 fully saturated rings. The number of nitrogens with two attached hydrogens (primary N) is 2. The quantitative estimate of drug-likeness (QED) is 0.716. The van der Waals surface area contributed by atoms with Crippen molar-refractivity contribution < 1.29 is 13.9 Å². The SMILES string of the molecule is CC(C)(C)OC(N)=O.Cn1cnc2ccc(N)c(F)c2c1=O. The summed E-state index contributed by atoms with van der Waals surface area (Å²) in [4.78, 5) is 25.5. The Balaban J connectivity index is 0.000000261. The van der Waals surface area contributed by atoms with E-state index >= 15 is 0 Å². The topological polar surface area (TPSA) is 113 Å². The molecule has 22 heavy (non-hydrogen) atoms. The molecule has 2 rings (SSSR count). The first-order chi connectivity index (χ1) is 10.0. The molecule has 4 N–H and O–H groups in total. The average Bonchev–Trinajstić information content (AvgIpc) is 2.36. The van der Waals surface area contributed by atoms with Gasteiger partial charge >= 0.3 is 6.09 Å². The first kappa shape index (κ1) is 17.4. The Bertz CT molecular complexity index is 745. The number of rotatable bonds is 0. The van der Waals surface area contributed by atoms with Crippen LogP contribution in [-0.4, -0.2) is 21.2 Å². The Morgan fingerprint density at radius 2 is 1.95 bits per heavy atom. The van der Waals surface area contributed by atoms with E-state index in [1.54, 1.807) is 20.8 Å². The first-order valence-electron chi connectivity index (χ1n) is 6.40. The molecule has 0 atom stereocenters. The maximum Gasteiger partial charge on any atom is 0.405 e. The Morgan fingerprint density at radius 3 is 2.41 bits per heavy atom. The summed E-state index contributed by atoms with van der Waals surface area (Å²) in [6.07, 6.45) is 0.623. The monoisotopic (exact) mass is 310 g/mol. The molecule has 0 spiro atoms. The van der Waals surface area contributed by atoms with Gasteiger partial charge < -0.3 is 20.8 Å². The molecule has 120 valence electrons. The second kappa shape index (κ2) is 6.42. The highest BCUT2D eigenvalue weighted by atomic mass is 19.1. The highest BCUT2D eigenvalue weighted by Crippen LogP contribution is 2.17. The van der Waals surface area contributed by atoms with Crippen LogP contribution in [0.4, 0.5) is 14.9 Å². The molecule has 1 aromatic carbocycles. The molecule has 0 saturated heterocycles. The van der Waals surface area contributed by atoms with Crippen molar-refractivity contribution >= 4 is 22.7 Å². The summed E-state index contributed by atoms with van der Waals surface area (Å²) in [5.74, 6) is -0.698. The van der Waals surface area contributed by atoms with Crippen LogP contribution in [-0.2, 0) is 11.8 Å². The maximum absolute atomic E-state index is 13.5. The standard InChI is InChI=1S/C9H8FN3O.C5H11NO2/c1-13-4-12-6-3-2-5(11)8(10)7(6)9(13)14;1-5(2,3)8-4(6)7/h2-4H,11H2,1H3;1-3H3,(H2,6,7). The second-order valence-corrected chi connectivity index (χ2v) is 5.56. The molecule has 1 amide bonds. The van der Waals surface area contributed by atoms with Crippen molar-refractivity contribution in [3.8, 4) is 0 Å². The van der Waals surface area contributed by atoms with Crippen LogP contribution in [0.15, 0.2) is 23.3 Å². The Morgan fingerprint density at radius 1 is 1.36 bits per heavy atom. The van der Waals surface area contributed by atoms with E-state index in [2.05, 4.69) is 9.72 Å². The number of nitrogen functional groups attached to an aromatic ring is 1. The van der Waals surface area contributed by atoms with Crippen molar-refractivity contribution in [3.63, 3.8) is 0 Å². The van der Waals surface area contributed by atoms with Gasteiger partial charge in [-0.1, -0.05) is 0 Å². The summed E-state index contributed by atoms with van der Waals surface area (Å²) in [5, 5.41) is -0.0602. The summed E-state index contributed by atoms with van der Waals surface area (Å²) >= 11 is 0. The van der Waals surface area contributed by atoms with Gasteiger partial charge in [-0.05, 0) is 32.9 Å². The van der Waals surface area contributed by atoms with Crippen molar-refractivity contribution in [1.82, 2.24) is 9.55 Å². The van der Waals surface area contributed by atoms with Crippen LogP contribution < -0.4 is 17.0 Å². The number of aromatic nitrogens is 2. The van der Waals surface area contributed by atoms with Crippen molar-refractivity contribution in [1.29, 1.82) is 0 Å². The van der Waals surface area contributed by atoms with Crippen LogP contribution in [0.3, 0.4) is 0 Å². The highest BCUT2D eigenvalue weighted by molar-refractivity contribution is 5.81. The summed E-state index contributed by atoms with van der Waals surface area (Å²) in [6.45, 7) is 5.28. The number of halogens is 1. The minimum absolute atomic E-state index is 0.0393. The lowest BCUT2D eigenvalue weighted by Crippen LogP contribution is -2.27. The van der Waals surface area contributed by atoms with E-state index in [9.17, 15) is 14.0 Å². The number of carbonyl (C=O) groups is 1. The molecule has 0 unspecified atom stereocenters. The number of anilines is 1. The molecule has 0 radical (unpaired) electrons. The lowest BCUT2D eigenvalue weighted by molar-refractivity contribution is 0.0600. The van der Waals surface area contributed by atoms with Gasteiger partial charge in [0.15, 0.2) is 5.82 Å². The van der Waals surface area contributed by atoms with E-state index in [1.165, 1.54) is 30.1 Å². The fourth-order valence-corrected chi connectivity index (χ4v) is 1.57. The van der Waals surface area contributed by atoms with Crippen molar-refractivity contribution in [3.05, 3.63) is 34.6 Å². The number of carbonyl (C=O) groups excluding carboxylic acids is 1. The largest absolute Gasteiger partial charge is 0.444 e. The van der Waals surface area contributed by atoms with Gasteiger partial charge in [-0.3, -0.25) is 4.79 Å². The normalized spacial score (nSPS) is 10.8. The van der Waals surface area contributed by atoms with Crippen LogP contribution in [0.25, 0.3) is 10.9 Å². The molecule has 0 bridgehead atoms. The van der Waals surface area contributed by atoms with E-state index < -0.39 is 23.1 Å². The molecule has 1 heterocycles. The molecule has 1 aromatic heterocycles. The summed E-state index contributed by atoms with van der Waals surface area (Å²) < 4.78 is 19.3. The number of primary amides is 1. The zero-order valence-corrected chi connectivity index (χ0v) is 12.9. The van der Waals surface area contributed by atoms with Gasteiger partial charge in [0, 0.05) is 7.05 Å². The second-order valence-electron chi connectivity index (χ2n) is 5.56. The third-order valence-corrected chi connectivity index (χ3v) is 2.46. The van der Waals surface area contributed by atoms with Gasteiger partial charge in [-0.25, -0.2) is 14.2 Å². The summed E-state index contributed by atoms with van der Waals surface area (Å²) in [5.41, 5.74) is 9.47. The number of benzene rings is 1. The van der Waals surface area contributed by atoms with Crippen LogP contribution in [0.1, 0.15) is 20.8 Å². The molecular weight excluding hydrogens is 291 g/mol. The minimum atomic E-state index is -0.725. The molecule has 2 aromatic rings. The van der Waals surface area contributed by atoms with Crippen molar-refractivity contribution in [2.75, 3.05) is 5.73 Å². The van der Waals surface area contributed by atoms with Crippen molar-refractivity contribution in [2.24, 2.45) is 12.8 Å². The smallest absolute Gasteiger partial charge is 0.405 e. The molecule has 0 aliphatic rings. The third kappa shape index (κ3) is 4.44. The van der Waals surface area contributed by atoms with Gasteiger partial charge in [-0.2, -0.15) is 0 Å². The fourth-order valence-electron chi connectivity index (χ4n) is 1.57. The third-order valence-electron chi connectivity index (χ3n) is 2.46. The number of ether oxygens (including phenoxy) is 1. The molecule has 0 aliphatic heterocycles. The molecule has 8 heteroatoms. The zero-order chi connectivity index (χ0) is 17.1. The maximum atomic E-state index is 13.5. The van der Waals surface area contributed by atoms with Crippen LogP contribution in [0.5, 0.6) is 0 Å². The van der Waals surface area contributed by atoms with Crippen LogP contribution in [0.2, 0.25) is 0 Å². The van der Waals surface area contributed by atoms with Gasteiger partial charge in [-0.15, -0.1) is 0 Å². The summed E-state index contributed by atoms with van der Waals surface area (Å²) in [6, 6.07) is 2.92. The Labute approximate surface area is 126 Å². The van der Waals surface area contributed by atoms with E-state index in [1.807, 2.05) is 0 Å². The lowest BCUT2D eigenvalue weighted by Gasteiger charge is -2.16. The van der Waals surface area contributed by atoms with E-state index in [-0.39, 0.29) is 11.1 Å². The number of amides is 1. The highest BCUT2D eigenvalue weighted by Gasteiger charge is 2.12. The van der Waals surface area contributed by atoms with Crippen LogP contribution in [0, 0.1) is 5.82 Å². The van der Waals surface area contributed by atoms with Gasteiger partial charge in [0.05, 0.1) is 17.5 Å². The molecule has 0 saturated carbocycles. The van der Waals surface area contributed by atoms with Gasteiger partial charge in [0.1, 0.15) is 11.0 Å². The Hall–Kier alpha value is -2.64. The van der Waals surface area contributed by atoms with E-state index in [0.717, 1.165) is 0 Å². The number of nitrogens with zero attached hydrogens (tertiary/aromatic N) is 2. The summed E-state index contributed by atoms with van der Waals surface area (Å²) in [7, 11) is 1.51. The predicted molar refractivity (Wildman–Crippen MR) is 81.8 cm³/mol. The fraction of sp³-hybridized carbons (Fsp3) is 0.357. The molecule has 0 aliphatic carbocycles. The minimum Gasteiger partial charge on any atom is -0.444 e. The zero-order valence-electron chi connectivity index (χ0n) is 12.9. The number of hydrogen-bond donors (Lipinski definition) is 2. The molecule has 7 nitrogen and oxygen atoms in total. The van der Waals surface area contributed by atoms with Gasteiger partial charge in [0.2, 0.25) is 0 Å². The predicted octanol–water partition coefficient (Wildman–Crippen LogP) is 1.54. The first-order valence-corrected chi connectivity index (χ1v) is 6.40. The van der Waals surface area contributed by atoms with Crippen molar-refractivity contribution in [2.45, 2.75) is 26.4 Å². The number of aryl methyl sites for hydroxylation is 1. The van der Waals surface area contributed by atoms with Gasteiger partial charge in [0.25, 0.3) is 5.56 Å². The number of hydrogen-bond acceptors (Lipinski definition) is 5. The van der Waals surface area contributed by atoms with E-state index in [0.29, 0.717) is 5.52 Å². The molecular formula is C14H19FN4O3. The van der Waals surface area contributed by atoms with E-state index in [4.69, 9.17) is 11.5 Å².